The fourth-order valence-electron chi connectivity index (χ4n) is 3.38. The topological polar surface area (TPSA) is 60.9 Å². The van der Waals surface area contributed by atoms with Crippen LogP contribution in [0.4, 0.5) is 0 Å². The Bertz CT molecular complexity index is 371. The van der Waals surface area contributed by atoms with Crippen LogP contribution in [0, 0.1) is 5.92 Å². The van der Waals surface area contributed by atoms with Gasteiger partial charge in [-0.3, -0.25) is 9.89 Å². The van der Waals surface area contributed by atoms with Gasteiger partial charge >= 0.3 is 0 Å². The SMILES string of the molecule is CCC(CC)C(CNC(=NC)NCCNC(C)(C)C)N1CCOCC1. The van der Waals surface area contributed by atoms with E-state index in [1.54, 1.807) is 0 Å². The summed E-state index contributed by atoms with van der Waals surface area (Å²) in [5.74, 6) is 1.59. The predicted molar refractivity (Wildman–Crippen MR) is 107 cm³/mol. The zero-order chi connectivity index (χ0) is 18.7. The number of hydrogen-bond donors (Lipinski definition) is 3. The highest BCUT2D eigenvalue weighted by molar-refractivity contribution is 5.79. The first kappa shape index (κ1) is 22.2. The molecule has 1 saturated heterocycles. The molecule has 6 heteroatoms. The summed E-state index contributed by atoms with van der Waals surface area (Å²) in [6.45, 7) is 17.6. The Morgan fingerprint density at radius 3 is 2.24 bits per heavy atom. The summed E-state index contributed by atoms with van der Waals surface area (Å²) in [5.41, 5.74) is 0.148. The first-order valence-electron chi connectivity index (χ1n) is 9.92. The minimum absolute atomic E-state index is 0.148. The van der Waals surface area contributed by atoms with Gasteiger partial charge in [-0.1, -0.05) is 26.7 Å². The minimum Gasteiger partial charge on any atom is -0.379 e. The second-order valence-electron chi connectivity index (χ2n) is 7.85. The van der Waals surface area contributed by atoms with Gasteiger partial charge in [-0.25, -0.2) is 0 Å². The van der Waals surface area contributed by atoms with E-state index in [-0.39, 0.29) is 5.54 Å². The van der Waals surface area contributed by atoms with E-state index in [0.717, 1.165) is 51.9 Å². The molecular formula is C19H41N5O. The van der Waals surface area contributed by atoms with Gasteiger partial charge in [-0.05, 0) is 26.7 Å². The molecule has 1 unspecified atom stereocenters. The monoisotopic (exact) mass is 355 g/mol. The Balaban J connectivity index is 2.49. The van der Waals surface area contributed by atoms with E-state index in [0.29, 0.717) is 12.0 Å². The lowest BCUT2D eigenvalue weighted by Crippen LogP contribution is -2.53. The number of nitrogens with one attached hydrogen (secondary N) is 3. The fourth-order valence-corrected chi connectivity index (χ4v) is 3.38. The van der Waals surface area contributed by atoms with Crippen LogP contribution in [0.15, 0.2) is 4.99 Å². The van der Waals surface area contributed by atoms with Crippen molar-refractivity contribution in [3.05, 3.63) is 0 Å². The lowest BCUT2D eigenvalue weighted by Gasteiger charge is -2.39. The number of rotatable bonds is 9. The molecule has 0 radical (unpaired) electrons. The Labute approximate surface area is 155 Å². The molecule has 0 spiro atoms. The van der Waals surface area contributed by atoms with Crippen LogP contribution in [-0.2, 0) is 4.74 Å². The number of nitrogens with zero attached hydrogens (tertiary/aromatic N) is 2. The van der Waals surface area contributed by atoms with Crippen molar-refractivity contribution in [2.45, 2.75) is 59.0 Å². The number of morpholine rings is 1. The van der Waals surface area contributed by atoms with Crippen LogP contribution in [0.1, 0.15) is 47.5 Å². The number of ether oxygens (including phenoxy) is 1. The van der Waals surface area contributed by atoms with Gasteiger partial charge in [0.15, 0.2) is 5.96 Å². The van der Waals surface area contributed by atoms with Crippen molar-refractivity contribution in [3.63, 3.8) is 0 Å². The molecule has 0 aromatic rings. The molecular weight excluding hydrogens is 314 g/mol. The molecule has 6 nitrogen and oxygen atoms in total. The highest BCUT2D eigenvalue weighted by atomic mass is 16.5. The van der Waals surface area contributed by atoms with E-state index >= 15 is 0 Å². The zero-order valence-electron chi connectivity index (χ0n) is 17.3. The molecule has 0 bridgehead atoms. The Morgan fingerprint density at radius 1 is 1.08 bits per heavy atom. The summed E-state index contributed by atoms with van der Waals surface area (Å²) in [6.07, 6.45) is 2.42. The highest BCUT2D eigenvalue weighted by Crippen LogP contribution is 2.19. The first-order valence-corrected chi connectivity index (χ1v) is 9.92. The van der Waals surface area contributed by atoms with Crippen molar-refractivity contribution < 1.29 is 4.74 Å². The van der Waals surface area contributed by atoms with Crippen molar-refractivity contribution in [1.29, 1.82) is 0 Å². The summed E-state index contributed by atoms with van der Waals surface area (Å²) in [7, 11) is 1.84. The van der Waals surface area contributed by atoms with Gasteiger partial charge in [0.2, 0.25) is 0 Å². The van der Waals surface area contributed by atoms with E-state index in [4.69, 9.17) is 4.74 Å². The maximum atomic E-state index is 5.53. The third kappa shape index (κ3) is 8.88. The van der Waals surface area contributed by atoms with Crippen LogP contribution >= 0.6 is 0 Å². The standard InChI is InChI=1S/C19H41N5O/c1-7-16(8-2)17(24-11-13-25-14-12-24)15-22-18(20-6)21-9-10-23-19(3,4)5/h16-17,23H,7-15H2,1-6H3,(H2,20,21,22). The lowest BCUT2D eigenvalue weighted by atomic mass is 9.92. The molecule has 0 amide bonds. The molecule has 0 aromatic carbocycles. The van der Waals surface area contributed by atoms with Crippen molar-refractivity contribution in [1.82, 2.24) is 20.9 Å². The molecule has 1 heterocycles. The second kappa shape index (κ2) is 11.7. The van der Waals surface area contributed by atoms with Crippen molar-refractivity contribution in [2.75, 3.05) is 53.0 Å². The zero-order valence-corrected chi connectivity index (χ0v) is 17.3. The van der Waals surface area contributed by atoms with Crippen LogP contribution in [0.2, 0.25) is 0 Å². The highest BCUT2D eigenvalue weighted by Gasteiger charge is 2.26. The quantitative estimate of drug-likeness (QED) is 0.334. The molecule has 1 fully saturated rings. The fraction of sp³-hybridized carbons (Fsp3) is 0.947. The molecule has 0 aromatic heterocycles. The van der Waals surface area contributed by atoms with Crippen molar-refractivity contribution in [2.24, 2.45) is 10.9 Å². The Hall–Kier alpha value is -0.850. The van der Waals surface area contributed by atoms with Gasteiger partial charge in [0, 0.05) is 51.4 Å². The number of aliphatic imine (C=N–C) groups is 1. The Morgan fingerprint density at radius 2 is 1.72 bits per heavy atom. The van der Waals surface area contributed by atoms with Crippen LogP contribution < -0.4 is 16.0 Å². The predicted octanol–water partition coefficient (Wildman–Crippen LogP) is 1.68. The third-order valence-corrected chi connectivity index (χ3v) is 4.88. The Kier molecular flexibility index (Phi) is 10.4. The number of guanidine groups is 1. The van der Waals surface area contributed by atoms with E-state index in [9.17, 15) is 0 Å². The van der Waals surface area contributed by atoms with Gasteiger partial charge in [0.1, 0.15) is 0 Å². The molecule has 0 aliphatic carbocycles. The molecule has 1 aliphatic heterocycles. The van der Waals surface area contributed by atoms with Crippen molar-refractivity contribution >= 4 is 5.96 Å². The average Bonchev–Trinajstić information content (AvgIpc) is 2.60. The van der Waals surface area contributed by atoms with Gasteiger partial charge in [-0.15, -0.1) is 0 Å². The van der Waals surface area contributed by atoms with Gasteiger partial charge in [0.05, 0.1) is 13.2 Å². The molecule has 148 valence electrons. The average molecular weight is 356 g/mol. The number of hydrogen-bond acceptors (Lipinski definition) is 4. The van der Waals surface area contributed by atoms with Gasteiger partial charge < -0.3 is 20.7 Å². The maximum Gasteiger partial charge on any atom is 0.191 e. The summed E-state index contributed by atoms with van der Waals surface area (Å²) >= 11 is 0. The second-order valence-corrected chi connectivity index (χ2v) is 7.85. The van der Waals surface area contributed by atoms with E-state index < -0.39 is 0 Å². The molecule has 3 N–H and O–H groups in total. The molecule has 1 aliphatic rings. The van der Waals surface area contributed by atoms with Crippen LogP contribution in [0.3, 0.4) is 0 Å². The molecule has 25 heavy (non-hydrogen) atoms. The maximum absolute atomic E-state index is 5.53. The van der Waals surface area contributed by atoms with Gasteiger partial charge in [0.25, 0.3) is 0 Å². The minimum atomic E-state index is 0.148. The lowest BCUT2D eigenvalue weighted by molar-refractivity contribution is 0.00272. The summed E-state index contributed by atoms with van der Waals surface area (Å²) < 4.78 is 5.53. The normalized spacial score (nSPS) is 18.4. The summed E-state index contributed by atoms with van der Waals surface area (Å²) in [4.78, 5) is 6.96. The smallest absolute Gasteiger partial charge is 0.191 e. The van der Waals surface area contributed by atoms with E-state index in [1.807, 2.05) is 7.05 Å². The van der Waals surface area contributed by atoms with E-state index in [1.165, 1.54) is 12.8 Å². The van der Waals surface area contributed by atoms with Crippen molar-refractivity contribution in [3.8, 4) is 0 Å². The molecule has 1 rings (SSSR count). The molecule has 0 saturated carbocycles. The van der Waals surface area contributed by atoms with E-state index in [2.05, 4.69) is 60.5 Å². The van der Waals surface area contributed by atoms with Crippen LogP contribution in [-0.4, -0.2) is 75.4 Å². The third-order valence-electron chi connectivity index (χ3n) is 4.88. The largest absolute Gasteiger partial charge is 0.379 e. The summed E-state index contributed by atoms with van der Waals surface area (Å²) in [5, 5.41) is 10.4. The summed E-state index contributed by atoms with van der Waals surface area (Å²) in [6, 6.07) is 0.533. The molecule has 1 atom stereocenters. The van der Waals surface area contributed by atoms with Gasteiger partial charge in [-0.2, -0.15) is 0 Å². The first-order chi connectivity index (χ1) is 11.9. The van der Waals surface area contributed by atoms with Crippen LogP contribution in [0.5, 0.6) is 0 Å². The van der Waals surface area contributed by atoms with Crippen LogP contribution in [0.25, 0.3) is 0 Å².